The van der Waals surface area contributed by atoms with E-state index in [4.69, 9.17) is 13.9 Å². The normalized spacial score (nSPS) is 18.2. The number of nitrogens with zero attached hydrogens (tertiary/aromatic N) is 1. The second kappa shape index (κ2) is 10.5. The van der Waals surface area contributed by atoms with Gasteiger partial charge in [0.25, 0.3) is 11.7 Å². The summed E-state index contributed by atoms with van der Waals surface area (Å²) in [5.41, 5.74) is 0.416. The zero-order chi connectivity index (χ0) is 23.3. The summed E-state index contributed by atoms with van der Waals surface area (Å²) in [6.45, 7) is 9.25. The molecule has 1 aliphatic rings. The van der Waals surface area contributed by atoms with E-state index in [0.717, 1.165) is 0 Å². The van der Waals surface area contributed by atoms with Gasteiger partial charge < -0.3 is 23.9 Å². The summed E-state index contributed by atoms with van der Waals surface area (Å²) in [5.74, 6) is -0.302. The average Bonchev–Trinajstić information content (AvgIpc) is 3.37. The van der Waals surface area contributed by atoms with Gasteiger partial charge in [-0.3, -0.25) is 9.59 Å². The lowest BCUT2D eigenvalue weighted by Crippen LogP contribution is -2.31. The van der Waals surface area contributed by atoms with Gasteiger partial charge in [0, 0.05) is 18.7 Å². The number of ketones is 1. The van der Waals surface area contributed by atoms with Gasteiger partial charge in [-0.1, -0.05) is 26.0 Å². The molecule has 7 nitrogen and oxygen atoms in total. The third-order valence-electron chi connectivity index (χ3n) is 5.04. The summed E-state index contributed by atoms with van der Waals surface area (Å²) in [7, 11) is 0. The first-order valence-electron chi connectivity index (χ1n) is 11.0. The summed E-state index contributed by atoms with van der Waals surface area (Å²) in [4.78, 5) is 27.3. The first-order valence-corrected chi connectivity index (χ1v) is 11.0. The van der Waals surface area contributed by atoms with Crippen molar-refractivity contribution in [1.82, 2.24) is 4.90 Å². The van der Waals surface area contributed by atoms with Crippen molar-refractivity contribution >= 4 is 17.4 Å². The van der Waals surface area contributed by atoms with Crippen molar-refractivity contribution in [3.8, 4) is 5.75 Å². The zero-order valence-electron chi connectivity index (χ0n) is 19.0. The number of carbonyl (C=O) groups is 2. The van der Waals surface area contributed by atoms with E-state index < -0.39 is 17.7 Å². The fourth-order valence-electron chi connectivity index (χ4n) is 3.56. The zero-order valence-corrected chi connectivity index (χ0v) is 19.0. The molecule has 1 aromatic heterocycles. The van der Waals surface area contributed by atoms with Crippen molar-refractivity contribution in [2.24, 2.45) is 5.92 Å². The minimum atomic E-state index is -0.802. The Bertz CT molecular complexity index is 961. The molecule has 0 spiro atoms. The number of carbonyl (C=O) groups excluding carboxylic acids is 2. The van der Waals surface area contributed by atoms with Gasteiger partial charge in [0.1, 0.15) is 23.3 Å². The van der Waals surface area contributed by atoms with E-state index in [1.165, 1.54) is 11.2 Å². The van der Waals surface area contributed by atoms with Gasteiger partial charge in [-0.2, -0.15) is 0 Å². The second-order valence-corrected chi connectivity index (χ2v) is 8.51. The molecule has 32 heavy (non-hydrogen) atoms. The van der Waals surface area contributed by atoms with Crippen LogP contribution in [0.3, 0.4) is 0 Å². The first-order chi connectivity index (χ1) is 15.3. The molecule has 1 atom stereocenters. The number of hydrogen-bond donors (Lipinski definition) is 1. The van der Waals surface area contributed by atoms with Crippen molar-refractivity contribution in [2.75, 3.05) is 19.8 Å². The predicted octanol–water partition coefficient (Wildman–Crippen LogP) is 4.55. The van der Waals surface area contributed by atoms with Crippen molar-refractivity contribution in [3.63, 3.8) is 0 Å². The van der Waals surface area contributed by atoms with E-state index in [1.807, 2.05) is 27.7 Å². The maximum Gasteiger partial charge on any atom is 0.295 e. The molecule has 3 rings (SSSR count). The van der Waals surface area contributed by atoms with Crippen LogP contribution in [-0.2, 0) is 14.3 Å². The fraction of sp³-hybridized carbons (Fsp3) is 0.440. The number of furan rings is 1. The third kappa shape index (κ3) is 5.40. The highest BCUT2D eigenvalue weighted by Crippen LogP contribution is 2.39. The Morgan fingerprint density at radius 1 is 1.16 bits per heavy atom. The summed E-state index contributed by atoms with van der Waals surface area (Å²) in [5, 5.41) is 11.1. The number of hydrogen-bond acceptors (Lipinski definition) is 6. The fourth-order valence-corrected chi connectivity index (χ4v) is 3.56. The minimum absolute atomic E-state index is 0.00994. The van der Waals surface area contributed by atoms with Crippen LogP contribution in [0.1, 0.15) is 51.5 Å². The molecule has 1 aromatic carbocycles. The average molecular weight is 442 g/mol. The lowest BCUT2D eigenvalue weighted by molar-refractivity contribution is -0.140. The van der Waals surface area contributed by atoms with E-state index in [2.05, 4.69) is 0 Å². The lowest BCUT2D eigenvalue weighted by Gasteiger charge is -2.23. The SMILES string of the molecule is CC(C)COc1cccc(/C(O)=C2/C(=O)C(=O)N(CCCOC(C)C)C2c2ccco2)c1. The van der Waals surface area contributed by atoms with E-state index in [-0.39, 0.29) is 17.4 Å². The van der Waals surface area contributed by atoms with Crippen molar-refractivity contribution in [3.05, 3.63) is 59.6 Å². The van der Waals surface area contributed by atoms with E-state index >= 15 is 0 Å². The molecule has 0 aliphatic carbocycles. The summed E-state index contributed by atoms with van der Waals surface area (Å²) >= 11 is 0. The smallest absolute Gasteiger partial charge is 0.295 e. The molecule has 1 fully saturated rings. The van der Waals surface area contributed by atoms with E-state index in [0.29, 0.717) is 49.2 Å². The Labute approximate surface area is 188 Å². The van der Waals surface area contributed by atoms with E-state index in [9.17, 15) is 14.7 Å². The maximum absolute atomic E-state index is 13.0. The Kier molecular flexibility index (Phi) is 7.75. The lowest BCUT2D eigenvalue weighted by atomic mass is 9.99. The molecule has 0 bridgehead atoms. The molecule has 1 N–H and O–H groups in total. The summed E-state index contributed by atoms with van der Waals surface area (Å²) in [6.07, 6.45) is 2.12. The van der Waals surface area contributed by atoms with Gasteiger partial charge in [-0.25, -0.2) is 0 Å². The monoisotopic (exact) mass is 441 g/mol. The number of Topliss-reactive ketones (excluding diaryl/α,β-unsaturated/α-hetero) is 1. The number of benzene rings is 1. The molecular formula is C25H31NO6. The first kappa shape index (κ1) is 23.6. The van der Waals surface area contributed by atoms with Crippen molar-refractivity contribution < 1.29 is 28.6 Å². The van der Waals surface area contributed by atoms with Crippen LogP contribution in [0.15, 0.2) is 52.7 Å². The molecule has 1 amide bonds. The number of amides is 1. The van der Waals surface area contributed by atoms with Crippen LogP contribution in [-0.4, -0.2) is 47.6 Å². The molecule has 7 heteroatoms. The molecular weight excluding hydrogens is 410 g/mol. The molecule has 0 radical (unpaired) electrons. The molecule has 1 saturated heterocycles. The Morgan fingerprint density at radius 2 is 1.94 bits per heavy atom. The number of aliphatic hydroxyl groups is 1. The third-order valence-corrected chi connectivity index (χ3v) is 5.04. The van der Waals surface area contributed by atoms with Crippen LogP contribution in [0, 0.1) is 5.92 Å². The van der Waals surface area contributed by atoms with Gasteiger partial charge in [0.2, 0.25) is 0 Å². The number of aliphatic hydroxyl groups excluding tert-OH is 1. The standard InChI is InChI=1S/C25H31NO6/c1-16(2)15-32-19-9-5-8-18(14-19)23(27)21-22(20-10-6-12-31-20)26(25(29)24(21)28)11-7-13-30-17(3)4/h5-6,8-10,12,14,16-17,22,27H,7,11,13,15H2,1-4H3/b23-21-. The Hall–Kier alpha value is -3.06. The molecule has 172 valence electrons. The molecule has 1 aliphatic heterocycles. The van der Waals surface area contributed by atoms with Gasteiger partial charge >= 0.3 is 0 Å². The van der Waals surface area contributed by atoms with Crippen LogP contribution in [0.25, 0.3) is 5.76 Å². The van der Waals surface area contributed by atoms with Crippen molar-refractivity contribution in [1.29, 1.82) is 0 Å². The Balaban J connectivity index is 1.94. The highest BCUT2D eigenvalue weighted by molar-refractivity contribution is 6.46. The summed E-state index contributed by atoms with van der Waals surface area (Å²) in [6, 6.07) is 9.47. The van der Waals surface area contributed by atoms with Crippen LogP contribution < -0.4 is 4.74 Å². The predicted molar refractivity (Wildman–Crippen MR) is 120 cm³/mol. The van der Waals surface area contributed by atoms with Crippen LogP contribution in [0.2, 0.25) is 0 Å². The maximum atomic E-state index is 13.0. The van der Waals surface area contributed by atoms with E-state index in [1.54, 1.807) is 36.4 Å². The highest BCUT2D eigenvalue weighted by Gasteiger charge is 2.47. The minimum Gasteiger partial charge on any atom is -0.507 e. The number of rotatable bonds is 10. The number of likely N-dealkylation sites (tertiary alicyclic amines) is 1. The van der Waals surface area contributed by atoms with Gasteiger partial charge in [-0.15, -0.1) is 0 Å². The van der Waals surface area contributed by atoms with Gasteiger partial charge in [0.15, 0.2) is 0 Å². The quantitative estimate of drug-likeness (QED) is 0.252. The van der Waals surface area contributed by atoms with Gasteiger partial charge in [0.05, 0.1) is 24.5 Å². The second-order valence-electron chi connectivity index (χ2n) is 8.51. The molecule has 2 aromatic rings. The molecule has 1 unspecified atom stereocenters. The van der Waals surface area contributed by atoms with Crippen LogP contribution >= 0.6 is 0 Å². The van der Waals surface area contributed by atoms with Crippen LogP contribution in [0.5, 0.6) is 5.75 Å². The van der Waals surface area contributed by atoms with Crippen molar-refractivity contribution in [2.45, 2.75) is 46.3 Å². The largest absolute Gasteiger partial charge is 0.507 e. The molecule has 2 heterocycles. The van der Waals surface area contributed by atoms with Crippen LogP contribution in [0.4, 0.5) is 0 Å². The van der Waals surface area contributed by atoms with Gasteiger partial charge in [-0.05, 0) is 50.5 Å². The highest BCUT2D eigenvalue weighted by atomic mass is 16.5. The Morgan fingerprint density at radius 3 is 2.59 bits per heavy atom. The summed E-state index contributed by atoms with van der Waals surface area (Å²) < 4.78 is 16.9. The topological polar surface area (TPSA) is 89.2 Å². The number of ether oxygens (including phenoxy) is 2. The molecule has 0 saturated carbocycles.